The third-order valence-electron chi connectivity index (χ3n) is 3.69. The lowest BCUT2D eigenvalue weighted by atomic mass is 9.87. The van der Waals surface area contributed by atoms with Gasteiger partial charge in [-0.1, -0.05) is 63.2 Å². The van der Waals surface area contributed by atoms with E-state index < -0.39 is 0 Å². The average Bonchev–Trinajstić information content (AvgIpc) is 2.48. The molecule has 112 valence electrons. The number of hydrogen-bond donors (Lipinski definition) is 1. The lowest BCUT2D eigenvalue weighted by Gasteiger charge is -2.19. The summed E-state index contributed by atoms with van der Waals surface area (Å²) >= 11 is 1.90. The molecule has 0 spiro atoms. The van der Waals surface area contributed by atoms with Gasteiger partial charge in [0.05, 0.1) is 0 Å². The van der Waals surface area contributed by atoms with Crippen LogP contribution in [0.1, 0.15) is 37.9 Å². The molecule has 0 bridgehead atoms. The second-order valence-corrected chi connectivity index (χ2v) is 7.43. The van der Waals surface area contributed by atoms with Crippen molar-refractivity contribution in [3.8, 4) is 0 Å². The van der Waals surface area contributed by atoms with Gasteiger partial charge in [-0.2, -0.15) is 0 Å². The molecule has 0 aromatic heterocycles. The second-order valence-electron chi connectivity index (χ2n) is 6.34. The molecule has 2 aromatic carbocycles. The van der Waals surface area contributed by atoms with Gasteiger partial charge in [-0.3, -0.25) is 0 Å². The Bertz CT molecular complexity index is 540. The van der Waals surface area contributed by atoms with Crippen LogP contribution in [-0.4, -0.2) is 12.8 Å². The summed E-state index contributed by atoms with van der Waals surface area (Å²) in [6.45, 7) is 6.75. The molecule has 0 aliphatic carbocycles. The Kier molecular flexibility index (Phi) is 5.49. The van der Waals surface area contributed by atoms with Crippen LogP contribution in [0.25, 0.3) is 0 Å². The molecular weight excluding hydrogens is 274 g/mol. The Labute approximate surface area is 133 Å². The third-order valence-corrected chi connectivity index (χ3v) is 4.79. The van der Waals surface area contributed by atoms with Crippen LogP contribution in [0.4, 0.5) is 0 Å². The van der Waals surface area contributed by atoms with Crippen molar-refractivity contribution in [2.45, 2.75) is 37.1 Å². The highest BCUT2D eigenvalue weighted by Crippen LogP contribution is 2.28. The van der Waals surface area contributed by atoms with E-state index in [0.29, 0.717) is 6.04 Å². The molecular formula is C19H25NS. The van der Waals surface area contributed by atoms with Gasteiger partial charge < -0.3 is 5.32 Å². The van der Waals surface area contributed by atoms with Gasteiger partial charge in [0.1, 0.15) is 0 Å². The van der Waals surface area contributed by atoms with Crippen molar-refractivity contribution in [2.24, 2.45) is 0 Å². The molecule has 21 heavy (non-hydrogen) atoms. The first-order valence-electron chi connectivity index (χ1n) is 7.46. The molecule has 0 aliphatic rings. The van der Waals surface area contributed by atoms with E-state index in [4.69, 9.17) is 0 Å². The number of benzene rings is 2. The van der Waals surface area contributed by atoms with Gasteiger partial charge in [0.2, 0.25) is 0 Å². The Morgan fingerprint density at radius 2 is 1.57 bits per heavy atom. The summed E-state index contributed by atoms with van der Waals surface area (Å²) in [4.78, 5) is 1.33. The molecule has 0 fully saturated rings. The first kappa shape index (κ1) is 16.1. The zero-order chi connectivity index (χ0) is 15.3. The molecule has 0 amide bonds. The van der Waals surface area contributed by atoms with Gasteiger partial charge in [-0.25, -0.2) is 0 Å². The molecule has 1 atom stereocenters. The summed E-state index contributed by atoms with van der Waals surface area (Å²) in [6, 6.07) is 20.0. The minimum Gasteiger partial charge on any atom is -0.312 e. The van der Waals surface area contributed by atoms with Gasteiger partial charge in [-0.15, -0.1) is 11.8 Å². The van der Waals surface area contributed by atoms with E-state index in [1.807, 2.05) is 18.8 Å². The smallest absolute Gasteiger partial charge is 0.0412 e. The minimum absolute atomic E-state index is 0.223. The highest BCUT2D eigenvalue weighted by Gasteiger charge is 2.13. The van der Waals surface area contributed by atoms with E-state index >= 15 is 0 Å². The van der Waals surface area contributed by atoms with E-state index in [2.05, 4.69) is 80.7 Å². The third kappa shape index (κ3) is 4.62. The van der Waals surface area contributed by atoms with Crippen molar-refractivity contribution in [3.05, 3.63) is 65.7 Å². The monoisotopic (exact) mass is 299 g/mol. The van der Waals surface area contributed by atoms with E-state index in [1.165, 1.54) is 16.0 Å². The average molecular weight is 299 g/mol. The quantitative estimate of drug-likeness (QED) is 0.777. The molecule has 1 unspecified atom stereocenters. The van der Waals surface area contributed by atoms with Crippen molar-refractivity contribution in [2.75, 3.05) is 12.8 Å². The SMILES string of the molecule is CNC(CSc1ccc(C(C)(C)C)cc1)c1ccccc1. The minimum atomic E-state index is 0.223. The number of rotatable bonds is 5. The Balaban J connectivity index is 1.99. The van der Waals surface area contributed by atoms with Gasteiger partial charge in [0.25, 0.3) is 0 Å². The zero-order valence-corrected chi connectivity index (χ0v) is 14.2. The van der Waals surface area contributed by atoms with Crippen LogP contribution >= 0.6 is 11.8 Å². The van der Waals surface area contributed by atoms with Crippen molar-refractivity contribution in [1.29, 1.82) is 0 Å². The summed E-state index contributed by atoms with van der Waals surface area (Å²) in [5.41, 5.74) is 2.96. The van der Waals surface area contributed by atoms with Crippen LogP contribution in [-0.2, 0) is 5.41 Å². The number of nitrogens with one attached hydrogen (secondary N) is 1. The fourth-order valence-corrected chi connectivity index (χ4v) is 3.31. The molecule has 1 nitrogen and oxygen atoms in total. The maximum absolute atomic E-state index is 3.40. The van der Waals surface area contributed by atoms with E-state index in [1.54, 1.807) is 0 Å². The summed E-state index contributed by atoms with van der Waals surface area (Å²) in [5, 5.41) is 3.40. The predicted molar refractivity (Wildman–Crippen MR) is 94.1 cm³/mol. The van der Waals surface area contributed by atoms with E-state index in [0.717, 1.165) is 5.75 Å². The summed E-state index contributed by atoms with van der Waals surface area (Å²) in [6.07, 6.45) is 0. The molecule has 0 saturated heterocycles. The van der Waals surface area contributed by atoms with Crippen molar-refractivity contribution >= 4 is 11.8 Å². The molecule has 0 heterocycles. The van der Waals surface area contributed by atoms with Crippen LogP contribution in [0, 0.1) is 0 Å². The molecule has 2 rings (SSSR count). The predicted octanol–water partition coefficient (Wildman–Crippen LogP) is 5.04. The summed E-state index contributed by atoms with van der Waals surface area (Å²) in [5.74, 6) is 1.04. The van der Waals surface area contributed by atoms with Crippen LogP contribution in [0.2, 0.25) is 0 Å². The first-order chi connectivity index (χ1) is 10.0. The molecule has 2 heteroatoms. The highest BCUT2D eigenvalue weighted by molar-refractivity contribution is 7.99. The molecule has 0 radical (unpaired) electrons. The van der Waals surface area contributed by atoms with Crippen LogP contribution in [0.5, 0.6) is 0 Å². The first-order valence-corrected chi connectivity index (χ1v) is 8.45. The topological polar surface area (TPSA) is 12.0 Å². The van der Waals surface area contributed by atoms with Crippen LogP contribution < -0.4 is 5.32 Å². The van der Waals surface area contributed by atoms with Crippen molar-refractivity contribution in [1.82, 2.24) is 5.32 Å². The molecule has 1 N–H and O–H groups in total. The fourth-order valence-electron chi connectivity index (χ4n) is 2.26. The van der Waals surface area contributed by atoms with Crippen molar-refractivity contribution < 1.29 is 0 Å². The Morgan fingerprint density at radius 3 is 2.10 bits per heavy atom. The normalized spacial score (nSPS) is 13.1. The fraction of sp³-hybridized carbons (Fsp3) is 0.368. The van der Waals surface area contributed by atoms with Gasteiger partial charge in [0, 0.05) is 16.7 Å². The van der Waals surface area contributed by atoms with Crippen molar-refractivity contribution in [3.63, 3.8) is 0 Å². The van der Waals surface area contributed by atoms with Gasteiger partial charge in [-0.05, 0) is 35.7 Å². The maximum atomic E-state index is 3.40. The molecule has 2 aromatic rings. The molecule has 0 saturated carbocycles. The van der Waals surface area contributed by atoms with E-state index in [9.17, 15) is 0 Å². The van der Waals surface area contributed by atoms with Gasteiger partial charge in [0.15, 0.2) is 0 Å². The lowest BCUT2D eigenvalue weighted by Crippen LogP contribution is -2.18. The number of hydrogen-bond acceptors (Lipinski definition) is 2. The Hall–Kier alpha value is -1.25. The highest BCUT2D eigenvalue weighted by atomic mass is 32.2. The lowest BCUT2D eigenvalue weighted by molar-refractivity contribution is 0.589. The largest absolute Gasteiger partial charge is 0.312 e. The summed E-state index contributed by atoms with van der Waals surface area (Å²) < 4.78 is 0. The number of thioether (sulfide) groups is 1. The zero-order valence-electron chi connectivity index (χ0n) is 13.4. The standard InChI is InChI=1S/C19H25NS/c1-19(2,3)16-10-12-17(13-11-16)21-14-18(20-4)15-8-6-5-7-9-15/h5-13,18,20H,14H2,1-4H3. The summed E-state index contributed by atoms with van der Waals surface area (Å²) in [7, 11) is 2.03. The van der Waals surface area contributed by atoms with E-state index in [-0.39, 0.29) is 5.41 Å². The maximum Gasteiger partial charge on any atom is 0.0412 e. The second kappa shape index (κ2) is 7.15. The molecule has 0 aliphatic heterocycles. The van der Waals surface area contributed by atoms with Gasteiger partial charge >= 0.3 is 0 Å². The Morgan fingerprint density at radius 1 is 0.952 bits per heavy atom. The van der Waals surface area contributed by atoms with Crippen LogP contribution in [0.15, 0.2) is 59.5 Å². The van der Waals surface area contributed by atoms with Crippen LogP contribution in [0.3, 0.4) is 0 Å².